The molecule has 1 aliphatic rings. The lowest BCUT2D eigenvalue weighted by Gasteiger charge is -2.30. The Morgan fingerprint density at radius 2 is 2.12 bits per heavy atom. The van der Waals surface area contributed by atoms with Crippen molar-refractivity contribution in [3.8, 4) is 5.75 Å². The fourth-order valence-electron chi connectivity index (χ4n) is 3.11. The number of aromatic nitrogens is 2. The average molecular weight is 358 g/mol. The van der Waals surface area contributed by atoms with Crippen LogP contribution in [0.25, 0.3) is 5.70 Å². The van der Waals surface area contributed by atoms with Crippen molar-refractivity contribution in [2.24, 2.45) is 0 Å². The molecule has 2 aromatic rings. The zero-order chi connectivity index (χ0) is 18.8. The van der Waals surface area contributed by atoms with Gasteiger partial charge in [-0.1, -0.05) is 18.7 Å². The third-order valence-electron chi connectivity index (χ3n) is 4.76. The van der Waals surface area contributed by atoms with E-state index in [-0.39, 0.29) is 11.5 Å². The lowest BCUT2D eigenvalue weighted by Crippen LogP contribution is -2.40. The van der Waals surface area contributed by atoms with Crippen LogP contribution in [-0.4, -0.2) is 39.7 Å². The summed E-state index contributed by atoms with van der Waals surface area (Å²) < 4.78 is 14.5. The molecule has 0 amide bonds. The first-order valence-electron chi connectivity index (χ1n) is 8.53. The van der Waals surface area contributed by atoms with Gasteiger partial charge in [0.2, 0.25) is 5.75 Å². The van der Waals surface area contributed by atoms with Gasteiger partial charge in [-0.2, -0.15) is 0 Å². The Morgan fingerprint density at radius 1 is 1.42 bits per heavy atom. The SMILES string of the molecule is C=C(NCc1ccc(F)cc1)c1nc2n(c(=O)c1O)CCC(N(C)C)C2. The van der Waals surface area contributed by atoms with Gasteiger partial charge in [-0.05, 0) is 38.2 Å². The van der Waals surface area contributed by atoms with E-state index in [1.807, 2.05) is 14.1 Å². The smallest absolute Gasteiger partial charge is 0.296 e. The second-order valence-corrected chi connectivity index (χ2v) is 6.75. The molecule has 2 heterocycles. The summed E-state index contributed by atoms with van der Waals surface area (Å²) in [5.41, 5.74) is 0.948. The quantitative estimate of drug-likeness (QED) is 0.852. The first-order valence-corrected chi connectivity index (χ1v) is 8.53. The van der Waals surface area contributed by atoms with Gasteiger partial charge < -0.3 is 15.3 Å². The number of aromatic hydroxyl groups is 1. The first kappa shape index (κ1) is 18.1. The normalized spacial score (nSPS) is 16.4. The molecule has 3 rings (SSSR count). The molecule has 2 N–H and O–H groups in total. The highest BCUT2D eigenvalue weighted by Gasteiger charge is 2.25. The van der Waals surface area contributed by atoms with Gasteiger partial charge in [0.1, 0.15) is 17.3 Å². The number of hydrogen-bond acceptors (Lipinski definition) is 5. The van der Waals surface area contributed by atoms with Gasteiger partial charge in [0.25, 0.3) is 5.56 Å². The third kappa shape index (κ3) is 3.62. The monoisotopic (exact) mass is 358 g/mol. The lowest BCUT2D eigenvalue weighted by atomic mass is 10.0. The third-order valence-corrected chi connectivity index (χ3v) is 4.76. The second-order valence-electron chi connectivity index (χ2n) is 6.75. The molecule has 1 atom stereocenters. The molecular weight excluding hydrogens is 335 g/mol. The number of fused-ring (bicyclic) bond motifs is 1. The number of nitrogens with one attached hydrogen (secondary N) is 1. The maximum absolute atomic E-state index is 13.0. The molecule has 1 aromatic carbocycles. The zero-order valence-electron chi connectivity index (χ0n) is 15.0. The van der Waals surface area contributed by atoms with Crippen molar-refractivity contribution in [2.45, 2.75) is 32.0 Å². The van der Waals surface area contributed by atoms with E-state index in [1.54, 1.807) is 12.1 Å². The Hall–Kier alpha value is -2.67. The number of likely N-dealkylation sites (N-methyl/N-ethyl adjacent to an activating group) is 1. The molecule has 7 heteroatoms. The highest BCUT2D eigenvalue weighted by atomic mass is 19.1. The maximum Gasteiger partial charge on any atom is 0.296 e. The van der Waals surface area contributed by atoms with Gasteiger partial charge in [0.05, 0.1) is 5.70 Å². The van der Waals surface area contributed by atoms with Crippen LogP contribution in [0.4, 0.5) is 4.39 Å². The number of rotatable bonds is 5. The van der Waals surface area contributed by atoms with E-state index in [9.17, 15) is 14.3 Å². The van der Waals surface area contributed by atoms with Crippen LogP contribution in [0.2, 0.25) is 0 Å². The van der Waals surface area contributed by atoms with E-state index in [4.69, 9.17) is 0 Å². The summed E-state index contributed by atoms with van der Waals surface area (Å²) >= 11 is 0. The molecule has 1 aliphatic heterocycles. The van der Waals surface area contributed by atoms with Crippen molar-refractivity contribution in [1.82, 2.24) is 19.8 Å². The molecule has 0 bridgehead atoms. The van der Waals surface area contributed by atoms with Crippen LogP contribution in [0.5, 0.6) is 5.75 Å². The minimum absolute atomic E-state index is 0.169. The molecule has 1 aromatic heterocycles. The minimum atomic E-state index is -0.438. The Balaban J connectivity index is 1.82. The van der Waals surface area contributed by atoms with Crippen LogP contribution in [0.1, 0.15) is 23.5 Å². The fourth-order valence-corrected chi connectivity index (χ4v) is 3.11. The largest absolute Gasteiger partial charge is 0.501 e. The predicted molar refractivity (Wildman–Crippen MR) is 98.2 cm³/mol. The van der Waals surface area contributed by atoms with Gasteiger partial charge >= 0.3 is 0 Å². The number of nitrogens with zero attached hydrogens (tertiary/aromatic N) is 3. The van der Waals surface area contributed by atoms with E-state index in [0.717, 1.165) is 12.0 Å². The van der Waals surface area contributed by atoms with Crippen molar-refractivity contribution < 1.29 is 9.50 Å². The molecule has 0 saturated heterocycles. The molecule has 26 heavy (non-hydrogen) atoms. The van der Waals surface area contributed by atoms with Crippen LogP contribution in [-0.2, 0) is 19.5 Å². The second kappa shape index (κ2) is 7.29. The molecule has 0 fully saturated rings. The van der Waals surface area contributed by atoms with Gasteiger partial charge in [0, 0.05) is 25.6 Å². The van der Waals surface area contributed by atoms with Crippen LogP contribution < -0.4 is 10.9 Å². The number of benzene rings is 1. The average Bonchev–Trinajstić information content (AvgIpc) is 2.63. The Morgan fingerprint density at radius 3 is 2.77 bits per heavy atom. The van der Waals surface area contributed by atoms with Crippen molar-refractivity contribution in [1.29, 1.82) is 0 Å². The van der Waals surface area contributed by atoms with Crippen molar-refractivity contribution >= 4 is 5.70 Å². The minimum Gasteiger partial charge on any atom is -0.501 e. The summed E-state index contributed by atoms with van der Waals surface area (Å²) in [5.74, 6) is -0.0452. The molecular formula is C19H23FN4O2. The summed E-state index contributed by atoms with van der Waals surface area (Å²) in [6, 6.07) is 6.38. The van der Waals surface area contributed by atoms with Gasteiger partial charge in [-0.3, -0.25) is 9.36 Å². The number of halogens is 1. The zero-order valence-corrected chi connectivity index (χ0v) is 15.0. The Labute approximate surface area is 151 Å². The van der Waals surface area contributed by atoms with E-state index in [0.29, 0.717) is 37.1 Å². The molecule has 0 saturated carbocycles. The number of hydrogen-bond donors (Lipinski definition) is 2. The van der Waals surface area contributed by atoms with Crippen molar-refractivity contribution in [2.75, 3.05) is 14.1 Å². The highest BCUT2D eigenvalue weighted by molar-refractivity contribution is 5.63. The van der Waals surface area contributed by atoms with E-state index in [2.05, 4.69) is 21.8 Å². The summed E-state index contributed by atoms with van der Waals surface area (Å²) in [4.78, 5) is 19.1. The summed E-state index contributed by atoms with van der Waals surface area (Å²) in [5, 5.41) is 13.3. The van der Waals surface area contributed by atoms with Gasteiger partial charge in [0.15, 0.2) is 0 Å². The van der Waals surface area contributed by atoms with Crippen LogP contribution in [0.15, 0.2) is 35.6 Å². The molecule has 1 unspecified atom stereocenters. The molecule has 6 nitrogen and oxygen atoms in total. The lowest BCUT2D eigenvalue weighted by molar-refractivity contribution is 0.237. The van der Waals surface area contributed by atoms with Crippen LogP contribution >= 0.6 is 0 Å². The maximum atomic E-state index is 13.0. The fraction of sp³-hybridized carbons (Fsp3) is 0.368. The highest BCUT2D eigenvalue weighted by Crippen LogP contribution is 2.22. The summed E-state index contributed by atoms with van der Waals surface area (Å²) in [6.45, 7) is 4.82. The Bertz CT molecular complexity index is 874. The van der Waals surface area contributed by atoms with Gasteiger partial charge in [-0.25, -0.2) is 9.37 Å². The first-order chi connectivity index (χ1) is 12.4. The van der Waals surface area contributed by atoms with E-state index >= 15 is 0 Å². The molecule has 0 spiro atoms. The standard InChI is InChI=1S/C19H23FN4O2/c1-12(21-11-13-4-6-14(20)7-5-13)17-18(25)19(26)24-9-8-15(23(2)3)10-16(24)22-17/h4-7,15,21,25H,1,8-11H2,2-3H3. The summed E-state index contributed by atoms with van der Waals surface area (Å²) in [7, 11) is 4.01. The summed E-state index contributed by atoms with van der Waals surface area (Å²) in [6.07, 6.45) is 1.48. The Kier molecular flexibility index (Phi) is 5.08. The molecule has 138 valence electrons. The van der Waals surface area contributed by atoms with Gasteiger partial charge in [-0.15, -0.1) is 0 Å². The van der Waals surface area contributed by atoms with Crippen molar-refractivity contribution in [3.63, 3.8) is 0 Å². The van der Waals surface area contributed by atoms with Crippen LogP contribution in [0, 0.1) is 5.82 Å². The van der Waals surface area contributed by atoms with Crippen LogP contribution in [0.3, 0.4) is 0 Å². The predicted octanol–water partition coefficient (Wildman–Crippen LogP) is 1.72. The van der Waals surface area contributed by atoms with E-state index < -0.39 is 11.3 Å². The van der Waals surface area contributed by atoms with E-state index in [1.165, 1.54) is 16.7 Å². The molecule has 0 radical (unpaired) electrons. The topological polar surface area (TPSA) is 70.4 Å². The van der Waals surface area contributed by atoms with Crippen molar-refractivity contribution in [3.05, 3.63) is 64.1 Å². The molecule has 0 aliphatic carbocycles.